The molecule has 166 valence electrons. The van der Waals surface area contributed by atoms with Gasteiger partial charge >= 0.3 is 5.97 Å². The summed E-state index contributed by atoms with van der Waals surface area (Å²) in [6, 6.07) is -4.74. The first kappa shape index (κ1) is 24.9. The van der Waals surface area contributed by atoms with E-state index >= 15 is 0 Å². The van der Waals surface area contributed by atoms with E-state index in [1.54, 1.807) is 0 Å². The second kappa shape index (κ2) is 11.8. The molecule has 13 nitrogen and oxygen atoms in total. The van der Waals surface area contributed by atoms with E-state index in [0.717, 1.165) is 0 Å². The molecule has 0 aliphatic rings. The first-order valence-corrected chi connectivity index (χ1v) is 9.44. The number of thiol groups is 1. The zero-order valence-corrected chi connectivity index (χ0v) is 17.0. The average molecular weight is 443 g/mol. The average Bonchev–Trinajstić information content (AvgIpc) is 3.17. The summed E-state index contributed by atoms with van der Waals surface area (Å²) in [6.45, 7) is 1.39. The van der Waals surface area contributed by atoms with Gasteiger partial charge in [0.25, 0.3) is 0 Å². The SMILES string of the molecule is CC(NC(=O)C(N)Cc1cnc[nH]1)C(=O)NC(CS)C(=O)NC(CC(N)=O)C(=O)O. The van der Waals surface area contributed by atoms with Gasteiger partial charge in [0.2, 0.25) is 23.6 Å². The molecule has 1 aromatic rings. The van der Waals surface area contributed by atoms with E-state index in [4.69, 9.17) is 16.6 Å². The molecule has 4 unspecified atom stereocenters. The van der Waals surface area contributed by atoms with Crippen LogP contribution in [-0.2, 0) is 30.4 Å². The Kier molecular flexibility index (Phi) is 9.77. The molecule has 0 radical (unpaired) electrons. The highest BCUT2D eigenvalue weighted by molar-refractivity contribution is 7.80. The van der Waals surface area contributed by atoms with Crippen LogP contribution >= 0.6 is 12.6 Å². The molecule has 9 N–H and O–H groups in total. The Balaban J connectivity index is 2.61. The number of carbonyl (C=O) groups is 5. The molecule has 0 aromatic carbocycles. The molecule has 0 saturated heterocycles. The van der Waals surface area contributed by atoms with Gasteiger partial charge in [-0.15, -0.1) is 0 Å². The van der Waals surface area contributed by atoms with Crippen LogP contribution in [-0.4, -0.2) is 74.6 Å². The maximum absolute atomic E-state index is 12.3. The Morgan fingerprint density at radius 2 is 1.77 bits per heavy atom. The highest BCUT2D eigenvalue weighted by Gasteiger charge is 2.28. The molecule has 1 aromatic heterocycles. The van der Waals surface area contributed by atoms with Gasteiger partial charge in [0.15, 0.2) is 0 Å². The Hall–Kier alpha value is -3.13. The van der Waals surface area contributed by atoms with Gasteiger partial charge in [-0.3, -0.25) is 19.2 Å². The van der Waals surface area contributed by atoms with Crippen molar-refractivity contribution in [3.8, 4) is 0 Å². The third-order valence-corrected chi connectivity index (χ3v) is 4.28. The van der Waals surface area contributed by atoms with Crippen LogP contribution in [0.4, 0.5) is 0 Å². The predicted octanol–water partition coefficient (Wildman–Crippen LogP) is -3.36. The van der Waals surface area contributed by atoms with Crippen LogP contribution in [0.1, 0.15) is 19.0 Å². The fourth-order valence-corrected chi connectivity index (χ4v) is 2.53. The molecule has 0 aliphatic carbocycles. The molecule has 0 aliphatic heterocycles. The summed E-state index contributed by atoms with van der Waals surface area (Å²) in [6.07, 6.45) is 2.52. The maximum atomic E-state index is 12.3. The van der Waals surface area contributed by atoms with Gasteiger partial charge in [0.1, 0.15) is 18.1 Å². The van der Waals surface area contributed by atoms with Gasteiger partial charge in [-0.2, -0.15) is 12.6 Å². The number of nitrogens with one attached hydrogen (secondary N) is 4. The summed E-state index contributed by atoms with van der Waals surface area (Å²) in [5, 5.41) is 15.9. The number of imidazole rings is 1. The molecular formula is C16H25N7O6S. The van der Waals surface area contributed by atoms with Crippen LogP contribution in [0.5, 0.6) is 0 Å². The van der Waals surface area contributed by atoms with Crippen LogP contribution in [0.2, 0.25) is 0 Å². The van der Waals surface area contributed by atoms with Crippen molar-refractivity contribution in [2.24, 2.45) is 11.5 Å². The van der Waals surface area contributed by atoms with E-state index in [1.165, 1.54) is 19.4 Å². The molecule has 0 fully saturated rings. The first-order valence-electron chi connectivity index (χ1n) is 8.81. The lowest BCUT2D eigenvalue weighted by atomic mass is 10.1. The van der Waals surface area contributed by atoms with E-state index in [-0.39, 0.29) is 12.2 Å². The van der Waals surface area contributed by atoms with E-state index in [2.05, 4.69) is 38.5 Å². The summed E-state index contributed by atoms with van der Waals surface area (Å²) in [7, 11) is 0. The van der Waals surface area contributed by atoms with Crippen LogP contribution in [0.25, 0.3) is 0 Å². The Morgan fingerprint density at radius 3 is 2.27 bits per heavy atom. The van der Waals surface area contributed by atoms with E-state index in [1.807, 2.05) is 0 Å². The van der Waals surface area contributed by atoms with Crippen molar-refractivity contribution in [2.45, 2.75) is 43.9 Å². The van der Waals surface area contributed by atoms with Gasteiger partial charge in [-0.25, -0.2) is 9.78 Å². The standard InChI is InChI=1S/C16H25N7O6S/c1-7(21-14(26)9(17)2-8-4-19-6-20-8)13(25)23-11(5-30)15(27)22-10(16(28)29)3-12(18)24/h4,6-7,9-11,30H,2-3,5,17H2,1H3,(H2,18,24)(H,19,20)(H,21,26)(H,22,27)(H,23,25)(H,28,29). The van der Waals surface area contributed by atoms with Gasteiger partial charge in [0.05, 0.1) is 18.8 Å². The van der Waals surface area contributed by atoms with Crippen molar-refractivity contribution in [3.63, 3.8) is 0 Å². The third kappa shape index (κ3) is 8.08. The fourth-order valence-electron chi connectivity index (χ4n) is 2.28. The highest BCUT2D eigenvalue weighted by atomic mass is 32.1. The molecule has 1 rings (SSSR count). The van der Waals surface area contributed by atoms with Crippen LogP contribution in [0.3, 0.4) is 0 Å². The largest absolute Gasteiger partial charge is 0.480 e. The number of primary amides is 1. The molecule has 0 spiro atoms. The second-order valence-corrected chi connectivity index (χ2v) is 6.80. The normalized spacial score (nSPS) is 14.6. The molecule has 30 heavy (non-hydrogen) atoms. The van der Waals surface area contributed by atoms with Crippen molar-refractivity contribution < 1.29 is 29.1 Å². The van der Waals surface area contributed by atoms with Gasteiger partial charge in [-0.05, 0) is 6.92 Å². The smallest absolute Gasteiger partial charge is 0.326 e. The lowest BCUT2D eigenvalue weighted by Crippen LogP contribution is -2.57. The highest BCUT2D eigenvalue weighted by Crippen LogP contribution is 1.99. The number of carbonyl (C=O) groups excluding carboxylic acids is 4. The minimum atomic E-state index is -1.55. The first-order chi connectivity index (χ1) is 14.0. The fraction of sp³-hybridized carbons (Fsp3) is 0.500. The number of H-pyrrole nitrogens is 1. The van der Waals surface area contributed by atoms with Crippen LogP contribution < -0.4 is 27.4 Å². The number of carboxylic acid groups (broad SMARTS) is 1. The minimum Gasteiger partial charge on any atom is -0.480 e. The second-order valence-electron chi connectivity index (χ2n) is 6.43. The van der Waals surface area contributed by atoms with Crippen molar-refractivity contribution in [3.05, 3.63) is 18.2 Å². The van der Waals surface area contributed by atoms with Gasteiger partial charge < -0.3 is 37.5 Å². The quantitative estimate of drug-likeness (QED) is 0.152. The molecular weight excluding hydrogens is 418 g/mol. The van der Waals surface area contributed by atoms with Gasteiger partial charge in [0, 0.05) is 24.1 Å². The van der Waals surface area contributed by atoms with Crippen molar-refractivity contribution >= 4 is 42.2 Å². The molecule has 0 saturated carbocycles. The summed E-state index contributed by atoms with van der Waals surface area (Å²) in [5.74, 6) is -4.73. The number of aromatic nitrogens is 2. The molecule has 4 amide bonds. The van der Waals surface area contributed by atoms with Gasteiger partial charge in [-0.1, -0.05) is 0 Å². The number of nitrogens with zero attached hydrogens (tertiary/aromatic N) is 1. The molecule has 0 bridgehead atoms. The minimum absolute atomic E-state index is 0.166. The summed E-state index contributed by atoms with van der Waals surface area (Å²) in [5.41, 5.74) is 11.4. The molecule has 14 heteroatoms. The van der Waals surface area contributed by atoms with Crippen LogP contribution in [0, 0.1) is 0 Å². The molecule has 1 heterocycles. The predicted molar refractivity (Wildman–Crippen MR) is 107 cm³/mol. The Bertz CT molecular complexity index is 772. The van der Waals surface area contributed by atoms with Crippen molar-refractivity contribution in [1.29, 1.82) is 0 Å². The van der Waals surface area contributed by atoms with E-state index < -0.39 is 60.2 Å². The zero-order valence-electron chi connectivity index (χ0n) is 16.1. The number of carboxylic acids is 1. The zero-order chi connectivity index (χ0) is 22.8. The van der Waals surface area contributed by atoms with Crippen molar-refractivity contribution in [2.75, 3.05) is 5.75 Å². The van der Waals surface area contributed by atoms with Crippen LogP contribution in [0.15, 0.2) is 12.5 Å². The number of hydrogen-bond acceptors (Lipinski definition) is 8. The Morgan fingerprint density at radius 1 is 1.13 bits per heavy atom. The number of nitrogens with two attached hydrogens (primary N) is 2. The lowest BCUT2D eigenvalue weighted by Gasteiger charge is -2.22. The summed E-state index contributed by atoms with van der Waals surface area (Å²) < 4.78 is 0. The number of aromatic amines is 1. The monoisotopic (exact) mass is 443 g/mol. The van der Waals surface area contributed by atoms with Crippen molar-refractivity contribution in [1.82, 2.24) is 25.9 Å². The number of rotatable bonds is 12. The third-order valence-electron chi connectivity index (χ3n) is 3.92. The Labute approximate surface area is 177 Å². The van der Waals surface area contributed by atoms with E-state index in [9.17, 15) is 24.0 Å². The maximum Gasteiger partial charge on any atom is 0.326 e. The summed E-state index contributed by atoms with van der Waals surface area (Å²) >= 11 is 3.96. The summed E-state index contributed by atoms with van der Waals surface area (Å²) in [4.78, 5) is 65.3. The number of hydrogen-bond donors (Lipinski definition) is 8. The number of aliphatic carboxylic acids is 1. The van der Waals surface area contributed by atoms with E-state index in [0.29, 0.717) is 5.69 Å². The lowest BCUT2D eigenvalue weighted by molar-refractivity contribution is -0.143. The topological polar surface area (TPSA) is 222 Å². The number of amides is 4. The molecule has 4 atom stereocenters.